The van der Waals surface area contributed by atoms with Gasteiger partial charge in [-0.15, -0.1) is 0 Å². The maximum atomic E-state index is 12.2. The Labute approximate surface area is 166 Å². The van der Waals surface area contributed by atoms with Crippen molar-refractivity contribution in [2.75, 3.05) is 11.4 Å². The van der Waals surface area contributed by atoms with Gasteiger partial charge in [-0.2, -0.15) is 10.4 Å². The molecule has 2 aromatic rings. The quantitative estimate of drug-likeness (QED) is 0.758. The zero-order valence-electron chi connectivity index (χ0n) is 15.0. The van der Waals surface area contributed by atoms with Crippen LogP contribution in [0, 0.1) is 11.3 Å². The van der Waals surface area contributed by atoms with Crippen LogP contribution in [0.5, 0.6) is 0 Å². The number of amides is 1. The van der Waals surface area contributed by atoms with Gasteiger partial charge in [0.05, 0.1) is 17.5 Å². The van der Waals surface area contributed by atoms with Crippen molar-refractivity contribution in [3.8, 4) is 6.07 Å². The summed E-state index contributed by atoms with van der Waals surface area (Å²) < 4.78 is 1.28. The molecule has 0 saturated heterocycles. The molecule has 1 N–H and O–H groups in total. The highest BCUT2D eigenvalue weighted by Crippen LogP contribution is 2.32. The smallest absolute Gasteiger partial charge is 0.412 e. The molecule has 0 atom stereocenters. The van der Waals surface area contributed by atoms with Gasteiger partial charge < -0.3 is 5.11 Å². The van der Waals surface area contributed by atoms with Crippen molar-refractivity contribution in [1.82, 2.24) is 9.78 Å². The lowest BCUT2D eigenvalue weighted by atomic mass is 10.0. The van der Waals surface area contributed by atoms with E-state index in [-0.39, 0.29) is 40.2 Å². The fraction of sp³-hybridized carbons (Fsp3) is 0.333. The van der Waals surface area contributed by atoms with E-state index >= 15 is 0 Å². The minimum atomic E-state index is -1.28. The molecule has 142 valence electrons. The van der Waals surface area contributed by atoms with Gasteiger partial charge in [0.2, 0.25) is 0 Å². The number of carboxylic acid groups (broad SMARTS) is 1. The number of nitriles is 1. The lowest BCUT2D eigenvalue weighted by Crippen LogP contribution is -2.29. The number of rotatable bonds is 5. The van der Waals surface area contributed by atoms with Crippen LogP contribution in [0.3, 0.4) is 0 Å². The minimum Gasteiger partial charge on any atom is -0.465 e. The van der Waals surface area contributed by atoms with Gasteiger partial charge >= 0.3 is 6.09 Å². The third-order valence-corrected chi connectivity index (χ3v) is 4.69. The summed E-state index contributed by atoms with van der Waals surface area (Å²) in [5.41, 5.74) is 1.86. The summed E-state index contributed by atoms with van der Waals surface area (Å²) in [6, 6.07) is 6.40. The molecule has 0 bridgehead atoms. The largest absolute Gasteiger partial charge is 0.465 e. The van der Waals surface area contributed by atoms with Gasteiger partial charge in [0.15, 0.2) is 0 Å². The first-order valence-corrected chi connectivity index (χ1v) is 8.83. The molecule has 1 heterocycles. The summed E-state index contributed by atoms with van der Waals surface area (Å²) in [6.45, 7) is 3.50. The third-order valence-electron chi connectivity index (χ3n) is 4.02. The Bertz CT molecular complexity index is 957. The first-order chi connectivity index (χ1) is 12.6. The molecule has 2 rings (SSSR count). The van der Waals surface area contributed by atoms with Crippen LogP contribution in [0.25, 0.3) is 0 Å². The molecule has 0 spiro atoms. The number of nitrogens with zero attached hydrogens (tertiary/aromatic N) is 4. The number of hydrogen-bond donors (Lipinski definition) is 1. The zero-order valence-corrected chi connectivity index (χ0v) is 16.5. The Morgan fingerprint density at radius 3 is 2.41 bits per heavy atom. The molecule has 27 heavy (non-hydrogen) atoms. The number of halogens is 2. The van der Waals surface area contributed by atoms with E-state index in [2.05, 4.69) is 5.10 Å². The fourth-order valence-corrected chi connectivity index (χ4v) is 3.24. The minimum absolute atomic E-state index is 0.0360. The molecular weight excluding hydrogens is 391 g/mol. The van der Waals surface area contributed by atoms with Gasteiger partial charge in [-0.1, -0.05) is 37.0 Å². The van der Waals surface area contributed by atoms with E-state index in [1.807, 2.05) is 13.8 Å². The van der Waals surface area contributed by atoms with E-state index in [1.165, 1.54) is 16.8 Å². The molecule has 0 aliphatic rings. The summed E-state index contributed by atoms with van der Waals surface area (Å²) in [4.78, 5) is 24.3. The molecule has 1 aromatic heterocycles. The van der Waals surface area contributed by atoms with Crippen LogP contribution in [-0.2, 0) is 13.5 Å². The number of benzene rings is 1. The molecule has 1 amide bonds. The van der Waals surface area contributed by atoms with E-state index in [1.54, 1.807) is 19.2 Å². The van der Waals surface area contributed by atoms with E-state index < -0.39 is 6.09 Å². The first-order valence-electron chi connectivity index (χ1n) is 8.08. The second kappa shape index (κ2) is 8.42. The molecule has 9 heteroatoms. The van der Waals surface area contributed by atoms with Crippen LogP contribution in [0.1, 0.15) is 36.6 Å². The molecule has 0 aliphatic carbocycles. The van der Waals surface area contributed by atoms with E-state index in [0.29, 0.717) is 16.8 Å². The Morgan fingerprint density at radius 2 is 1.93 bits per heavy atom. The van der Waals surface area contributed by atoms with E-state index in [4.69, 9.17) is 28.5 Å². The summed E-state index contributed by atoms with van der Waals surface area (Å²) in [5, 5.41) is 22.8. The van der Waals surface area contributed by atoms with Crippen LogP contribution in [0.15, 0.2) is 23.0 Å². The Balaban J connectivity index is 2.46. The lowest BCUT2D eigenvalue weighted by Gasteiger charge is -2.18. The normalized spacial score (nSPS) is 10.7. The number of aromatic nitrogens is 2. The van der Waals surface area contributed by atoms with Crippen molar-refractivity contribution in [3.63, 3.8) is 0 Å². The monoisotopic (exact) mass is 408 g/mol. The SMILES string of the molecule is CC(C)c1cc(Cc2c(Cl)cc(N(CC#N)C(=O)O)cc2Cl)nn(C)c1=O. The van der Waals surface area contributed by atoms with Crippen molar-refractivity contribution < 1.29 is 9.90 Å². The average molecular weight is 409 g/mol. The highest BCUT2D eigenvalue weighted by Gasteiger charge is 2.19. The van der Waals surface area contributed by atoms with Crippen LogP contribution in [0.2, 0.25) is 10.0 Å². The number of hydrogen-bond acceptors (Lipinski definition) is 4. The zero-order chi connectivity index (χ0) is 20.3. The highest BCUT2D eigenvalue weighted by atomic mass is 35.5. The van der Waals surface area contributed by atoms with Crippen molar-refractivity contribution >= 4 is 35.0 Å². The van der Waals surface area contributed by atoms with Gasteiger partial charge in [0.1, 0.15) is 6.54 Å². The second-order valence-corrected chi connectivity index (χ2v) is 7.08. The van der Waals surface area contributed by atoms with Gasteiger partial charge in [0.25, 0.3) is 5.56 Å². The number of anilines is 1. The van der Waals surface area contributed by atoms with Gasteiger partial charge in [-0.3, -0.25) is 9.69 Å². The van der Waals surface area contributed by atoms with Crippen LogP contribution < -0.4 is 10.5 Å². The lowest BCUT2D eigenvalue weighted by molar-refractivity contribution is 0.202. The van der Waals surface area contributed by atoms with Gasteiger partial charge in [0, 0.05) is 29.1 Å². The van der Waals surface area contributed by atoms with E-state index in [9.17, 15) is 14.7 Å². The highest BCUT2D eigenvalue weighted by molar-refractivity contribution is 6.36. The molecular formula is C18H18Cl2N4O3. The summed E-state index contributed by atoms with van der Waals surface area (Å²) >= 11 is 12.6. The predicted molar refractivity (Wildman–Crippen MR) is 104 cm³/mol. The maximum Gasteiger partial charge on any atom is 0.412 e. The molecule has 0 radical (unpaired) electrons. The summed E-state index contributed by atoms with van der Waals surface area (Å²) in [7, 11) is 1.58. The van der Waals surface area contributed by atoms with Crippen molar-refractivity contribution in [2.45, 2.75) is 26.2 Å². The Hall–Kier alpha value is -2.56. The van der Waals surface area contributed by atoms with Crippen LogP contribution >= 0.6 is 23.2 Å². The van der Waals surface area contributed by atoms with Crippen molar-refractivity contribution in [1.29, 1.82) is 5.26 Å². The second-order valence-electron chi connectivity index (χ2n) is 6.27. The Morgan fingerprint density at radius 1 is 1.33 bits per heavy atom. The van der Waals surface area contributed by atoms with Crippen LogP contribution in [-0.4, -0.2) is 27.5 Å². The molecule has 0 aliphatic heterocycles. The molecule has 7 nitrogen and oxygen atoms in total. The topological polar surface area (TPSA) is 99.2 Å². The molecule has 0 unspecified atom stereocenters. The summed E-state index contributed by atoms with van der Waals surface area (Å²) in [5.74, 6) is 0.0360. The molecule has 0 saturated carbocycles. The summed E-state index contributed by atoms with van der Waals surface area (Å²) in [6.07, 6.45) is -1.00. The van der Waals surface area contributed by atoms with E-state index in [0.717, 1.165) is 4.90 Å². The number of carbonyl (C=O) groups is 1. The maximum absolute atomic E-state index is 12.2. The average Bonchev–Trinajstić information content (AvgIpc) is 2.58. The van der Waals surface area contributed by atoms with Gasteiger partial charge in [-0.25, -0.2) is 9.48 Å². The van der Waals surface area contributed by atoms with Crippen LogP contribution in [0.4, 0.5) is 10.5 Å². The first kappa shape index (κ1) is 20.7. The third kappa shape index (κ3) is 4.59. The fourth-order valence-electron chi connectivity index (χ4n) is 2.63. The predicted octanol–water partition coefficient (Wildman–Crippen LogP) is 3.81. The standard InChI is InChI=1S/C18H18Cl2N4O3/c1-10(2)13-6-11(22-23(3)17(13)25)7-14-15(19)8-12(9-16(14)20)24(5-4-21)18(26)27/h6,8-10H,5,7H2,1-3H3,(H,26,27). The van der Waals surface area contributed by atoms with Crippen molar-refractivity contribution in [2.24, 2.45) is 7.05 Å². The molecule has 0 fully saturated rings. The molecule has 1 aromatic carbocycles. The van der Waals surface area contributed by atoms with Crippen molar-refractivity contribution in [3.05, 3.63) is 55.4 Å². The Kier molecular flexibility index (Phi) is 6.47. The van der Waals surface area contributed by atoms with Gasteiger partial charge in [-0.05, 0) is 29.7 Å². The number of aryl methyl sites for hydroxylation is 1.